The SMILES string of the molecule is COc1ccc(C(=O)NCc2cnc(C)cn2)cc1N1CCN(c2ncnc3c2cnn3-c2ccccc2)CC1. The van der Waals surface area contributed by atoms with Gasteiger partial charge in [-0.15, -0.1) is 0 Å². The zero-order valence-electron chi connectivity index (χ0n) is 22.4. The third-order valence-corrected chi connectivity index (χ3v) is 6.97. The van der Waals surface area contributed by atoms with Gasteiger partial charge in [0.05, 0.1) is 54.2 Å². The van der Waals surface area contributed by atoms with Gasteiger partial charge in [-0.1, -0.05) is 18.2 Å². The van der Waals surface area contributed by atoms with Crippen LogP contribution in [0, 0.1) is 6.92 Å². The number of fused-ring (bicyclic) bond motifs is 1. The van der Waals surface area contributed by atoms with Crippen LogP contribution < -0.4 is 19.9 Å². The number of hydrogen-bond acceptors (Lipinski definition) is 9. The first-order chi connectivity index (χ1) is 19.6. The highest BCUT2D eigenvalue weighted by Gasteiger charge is 2.24. The van der Waals surface area contributed by atoms with Gasteiger partial charge in [0.25, 0.3) is 5.91 Å². The molecule has 6 rings (SSSR count). The van der Waals surface area contributed by atoms with Crippen molar-refractivity contribution in [1.82, 2.24) is 35.0 Å². The van der Waals surface area contributed by atoms with Crippen LogP contribution in [0.25, 0.3) is 16.7 Å². The predicted octanol–water partition coefficient (Wildman–Crippen LogP) is 3.18. The van der Waals surface area contributed by atoms with Crippen LogP contribution in [0.4, 0.5) is 11.5 Å². The molecule has 11 nitrogen and oxygen atoms in total. The fourth-order valence-electron chi connectivity index (χ4n) is 4.86. The molecule has 0 atom stereocenters. The summed E-state index contributed by atoms with van der Waals surface area (Å²) in [6, 6.07) is 15.5. The first kappa shape index (κ1) is 25.2. The molecule has 1 aliphatic rings. The zero-order valence-corrected chi connectivity index (χ0v) is 22.4. The lowest BCUT2D eigenvalue weighted by Crippen LogP contribution is -2.47. The number of piperazine rings is 1. The lowest BCUT2D eigenvalue weighted by Gasteiger charge is -2.37. The number of amides is 1. The third-order valence-electron chi connectivity index (χ3n) is 6.97. The van der Waals surface area contributed by atoms with Crippen LogP contribution in [0.3, 0.4) is 0 Å². The number of methoxy groups -OCH3 is 1. The molecular weight excluding hydrogens is 506 g/mol. The van der Waals surface area contributed by atoms with Crippen molar-refractivity contribution in [2.24, 2.45) is 0 Å². The zero-order chi connectivity index (χ0) is 27.5. The van der Waals surface area contributed by atoms with E-state index < -0.39 is 0 Å². The van der Waals surface area contributed by atoms with Crippen molar-refractivity contribution >= 4 is 28.4 Å². The minimum atomic E-state index is -0.177. The highest BCUT2D eigenvalue weighted by molar-refractivity contribution is 5.95. The molecule has 1 N–H and O–H groups in total. The van der Waals surface area contributed by atoms with Gasteiger partial charge in [-0.25, -0.2) is 14.6 Å². The number of ether oxygens (including phenoxy) is 1. The number of aromatic nitrogens is 6. The number of carbonyl (C=O) groups excluding carboxylic acids is 1. The van der Waals surface area contributed by atoms with E-state index in [4.69, 9.17) is 4.74 Å². The molecule has 0 bridgehead atoms. The van der Waals surface area contributed by atoms with E-state index >= 15 is 0 Å². The van der Waals surface area contributed by atoms with Gasteiger partial charge in [0.1, 0.15) is 17.9 Å². The fourth-order valence-corrected chi connectivity index (χ4v) is 4.86. The van der Waals surface area contributed by atoms with E-state index in [9.17, 15) is 4.79 Å². The molecule has 202 valence electrons. The Hall–Kier alpha value is -5.06. The topological polar surface area (TPSA) is 114 Å². The molecule has 11 heteroatoms. The number of carbonyl (C=O) groups is 1. The van der Waals surface area contributed by atoms with Gasteiger partial charge in [0.2, 0.25) is 0 Å². The van der Waals surface area contributed by atoms with Gasteiger partial charge in [-0.05, 0) is 37.3 Å². The van der Waals surface area contributed by atoms with Crippen molar-refractivity contribution in [3.05, 3.63) is 90.4 Å². The molecule has 0 spiro atoms. The Bertz CT molecular complexity index is 1630. The summed E-state index contributed by atoms with van der Waals surface area (Å²) in [5.41, 5.74) is 4.71. The molecule has 4 heterocycles. The molecule has 1 amide bonds. The van der Waals surface area contributed by atoms with Crippen molar-refractivity contribution in [3.8, 4) is 11.4 Å². The number of rotatable bonds is 7. The van der Waals surface area contributed by atoms with Gasteiger partial charge < -0.3 is 19.9 Å². The van der Waals surface area contributed by atoms with Crippen molar-refractivity contribution < 1.29 is 9.53 Å². The van der Waals surface area contributed by atoms with Crippen LogP contribution in [0.5, 0.6) is 5.75 Å². The smallest absolute Gasteiger partial charge is 0.251 e. The average Bonchev–Trinajstić information content (AvgIpc) is 3.45. The summed E-state index contributed by atoms with van der Waals surface area (Å²) < 4.78 is 7.49. The number of aryl methyl sites for hydroxylation is 1. The number of nitrogens with zero attached hydrogens (tertiary/aromatic N) is 8. The monoisotopic (exact) mass is 535 g/mol. The minimum Gasteiger partial charge on any atom is -0.495 e. The second-order valence-electron chi connectivity index (χ2n) is 9.52. The number of para-hydroxylation sites is 1. The molecule has 0 saturated carbocycles. The number of benzene rings is 2. The molecule has 1 saturated heterocycles. The summed E-state index contributed by atoms with van der Waals surface area (Å²) in [5, 5.41) is 8.43. The quantitative estimate of drug-likeness (QED) is 0.336. The summed E-state index contributed by atoms with van der Waals surface area (Å²) in [7, 11) is 1.65. The lowest BCUT2D eigenvalue weighted by atomic mass is 10.1. The van der Waals surface area contributed by atoms with Crippen LogP contribution in [0.2, 0.25) is 0 Å². The Kier molecular flexibility index (Phi) is 6.92. The van der Waals surface area contributed by atoms with E-state index in [2.05, 4.69) is 40.2 Å². The average molecular weight is 536 g/mol. The number of nitrogens with one attached hydrogen (secondary N) is 1. The van der Waals surface area contributed by atoms with Crippen LogP contribution in [-0.4, -0.2) is 68.9 Å². The standard InChI is InChI=1S/C29H29N9O2/c1-20-15-31-22(16-30-20)17-32-29(39)21-8-9-26(40-2)25(14-21)36-10-12-37(13-11-36)27-24-18-35-38(28(24)34-19-33-27)23-6-4-3-5-7-23/h3-9,14-16,18-19H,10-13,17H2,1-2H3,(H,32,39). The molecular formula is C29H29N9O2. The third kappa shape index (κ3) is 5.00. The van der Waals surface area contributed by atoms with Crippen LogP contribution in [-0.2, 0) is 6.54 Å². The summed E-state index contributed by atoms with van der Waals surface area (Å²) >= 11 is 0. The maximum atomic E-state index is 12.9. The fraction of sp³-hybridized carbons (Fsp3) is 0.241. The Morgan fingerprint density at radius 2 is 1.73 bits per heavy atom. The summed E-state index contributed by atoms with van der Waals surface area (Å²) in [6.45, 7) is 5.14. The maximum Gasteiger partial charge on any atom is 0.251 e. The van der Waals surface area contributed by atoms with E-state index in [1.807, 2.05) is 60.3 Å². The first-order valence-electron chi connectivity index (χ1n) is 13.1. The molecule has 2 aromatic carbocycles. The first-order valence-corrected chi connectivity index (χ1v) is 13.1. The second-order valence-corrected chi connectivity index (χ2v) is 9.52. The van der Waals surface area contributed by atoms with Crippen LogP contribution in [0.15, 0.2) is 73.4 Å². The Labute approximate surface area is 231 Å². The van der Waals surface area contributed by atoms with E-state index in [0.29, 0.717) is 17.8 Å². The van der Waals surface area contributed by atoms with Crippen molar-refractivity contribution in [1.29, 1.82) is 0 Å². The van der Waals surface area contributed by atoms with E-state index in [0.717, 1.165) is 65.8 Å². The number of hydrogen-bond donors (Lipinski definition) is 1. The molecule has 1 aliphatic heterocycles. The Balaban J connectivity index is 1.17. The van der Waals surface area contributed by atoms with E-state index in [1.165, 1.54) is 0 Å². The molecule has 0 unspecified atom stereocenters. The van der Waals surface area contributed by atoms with E-state index in [1.54, 1.807) is 31.9 Å². The minimum absolute atomic E-state index is 0.177. The molecule has 0 aliphatic carbocycles. The van der Waals surface area contributed by atoms with Crippen molar-refractivity contribution in [2.45, 2.75) is 13.5 Å². The Morgan fingerprint density at radius 3 is 2.48 bits per heavy atom. The van der Waals surface area contributed by atoms with E-state index in [-0.39, 0.29) is 5.91 Å². The molecule has 5 aromatic rings. The van der Waals surface area contributed by atoms with Gasteiger partial charge in [-0.3, -0.25) is 14.8 Å². The van der Waals surface area contributed by atoms with Crippen LogP contribution >= 0.6 is 0 Å². The van der Waals surface area contributed by atoms with Gasteiger partial charge in [0, 0.05) is 37.9 Å². The molecule has 0 radical (unpaired) electrons. The van der Waals surface area contributed by atoms with Crippen molar-refractivity contribution in [3.63, 3.8) is 0 Å². The van der Waals surface area contributed by atoms with Gasteiger partial charge in [-0.2, -0.15) is 5.10 Å². The van der Waals surface area contributed by atoms with Gasteiger partial charge in [0.15, 0.2) is 5.65 Å². The maximum absolute atomic E-state index is 12.9. The number of anilines is 2. The lowest BCUT2D eigenvalue weighted by molar-refractivity contribution is 0.0950. The largest absolute Gasteiger partial charge is 0.495 e. The second kappa shape index (κ2) is 11.0. The van der Waals surface area contributed by atoms with Crippen molar-refractivity contribution in [2.75, 3.05) is 43.1 Å². The summed E-state index contributed by atoms with van der Waals surface area (Å²) in [4.78, 5) is 35.1. The normalized spacial score (nSPS) is 13.4. The van der Waals surface area contributed by atoms with Gasteiger partial charge >= 0.3 is 0 Å². The van der Waals surface area contributed by atoms with Crippen LogP contribution in [0.1, 0.15) is 21.7 Å². The predicted molar refractivity (Wildman–Crippen MR) is 152 cm³/mol. The molecule has 40 heavy (non-hydrogen) atoms. The summed E-state index contributed by atoms with van der Waals surface area (Å²) in [5.74, 6) is 1.41. The highest BCUT2D eigenvalue weighted by Crippen LogP contribution is 2.32. The Morgan fingerprint density at radius 1 is 0.925 bits per heavy atom. The molecule has 3 aromatic heterocycles. The highest BCUT2D eigenvalue weighted by atomic mass is 16.5. The summed E-state index contributed by atoms with van der Waals surface area (Å²) in [6.07, 6.45) is 6.79. The molecule has 1 fully saturated rings.